The third kappa shape index (κ3) is 3.52. The minimum absolute atomic E-state index is 0.0173. The summed E-state index contributed by atoms with van der Waals surface area (Å²) in [6.45, 7) is 2.47. The van der Waals surface area contributed by atoms with Crippen molar-refractivity contribution in [1.82, 2.24) is 19.3 Å². The van der Waals surface area contributed by atoms with Crippen LogP contribution in [0.5, 0.6) is 0 Å². The third-order valence-electron chi connectivity index (χ3n) is 4.65. The van der Waals surface area contributed by atoms with E-state index in [0.29, 0.717) is 12.1 Å². The highest BCUT2D eigenvalue weighted by Gasteiger charge is 2.19. The molecule has 0 fully saturated rings. The van der Waals surface area contributed by atoms with Gasteiger partial charge >= 0.3 is 0 Å². The van der Waals surface area contributed by atoms with Crippen molar-refractivity contribution in [1.29, 1.82) is 0 Å². The molecule has 2 N–H and O–H groups in total. The third-order valence-corrected chi connectivity index (χ3v) is 4.65. The van der Waals surface area contributed by atoms with Crippen LogP contribution in [-0.2, 0) is 6.54 Å². The molecule has 0 saturated carbocycles. The van der Waals surface area contributed by atoms with Crippen LogP contribution in [0.15, 0.2) is 61.1 Å². The smallest absolute Gasteiger partial charge is 0.198 e. The van der Waals surface area contributed by atoms with E-state index in [1.807, 2.05) is 23.8 Å². The van der Waals surface area contributed by atoms with Crippen molar-refractivity contribution in [2.24, 2.45) is 0 Å². The Bertz CT molecular complexity index is 1210. The van der Waals surface area contributed by atoms with Crippen LogP contribution in [-0.4, -0.2) is 25.1 Å². The number of nitrogens with two attached hydrogens (primary N) is 1. The lowest BCUT2D eigenvalue weighted by Crippen LogP contribution is -2.09. The molecule has 0 saturated heterocycles. The van der Waals surface area contributed by atoms with Gasteiger partial charge < -0.3 is 10.3 Å². The first kappa shape index (κ1) is 18.5. The van der Waals surface area contributed by atoms with E-state index in [1.54, 1.807) is 24.4 Å². The number of nitrogens with zero attached hydrogens (tertiary/aromatic N) is 4. The number of nitrogen functional groups attached to an aromatic ring is 1. The van der Waals surface area contributed by atoms with E-state index in [-0.39, 0.29) is 22.9 Å². The summed E-state index contributed by atoms with van der Waals surface area (Å²) >= 11 is 0. The molecule has 29 heavy (non-hydrogen) atoms. The van der Waals surface area contributed by atoms with Gasteiger partial charge in [-0.1, -0.05) is 18.2 Å². The largest absolute Gasteiger partial charge is 0.383 e. The van der Waals surface area contributed by atoms with Crippen molar-refractivity contribution in [2.45, 2.75) is 13.5 Å². The van der Waals surface area contributed by atoms with Gasteiger partial charge in [-0.25, -0.2) is 18.4 Å². The number of imidazole rings is 1. The first-order chi connectivity index (χ1) is 13.9. The lowest BCUT2D eigenvalue weighted by atomic mass is 10.0. The topological polar surface area (TPSA) is 78.7 Å². The highest BCUT2D eigenvalue weighted by atomic mass is 19.1. The standard InChI is InChI=1S/C21H17F2N5O/c1-13-25-7-8-27(13)12-14-3-2-4-15(9-14)20(29)17-11-26-28(21(17)24)19-6-5-16(22)10-18(19)23/h2-11H,12,24H2,1H3. The summed E-state index contributed by atoms with van der Waals surface area (Å²) in [6.07, 6.45) is 4.87. The number of halogens is 2. The number of anilines is 1. The average Bonchev–Trinajstić information content (AvgIpc) is 3.27. The zero-order valence-electron chi connectivity index (χ0n) is 15.5. The zero-order valence-corrected chi connectivity index (χ0v) is 15.5. The van der Waals surface area contributed by atoms with E-state index in [0.717, 1.165) is 28.2 Å². The molecule has 0 atom stereocenters. The van der Waals surface area contributed by atoms with Crippen LogP contribution < -0.4 is 5.73 Å². The monoisotopic (exact) mass is 393 g/mol. The molecular formula is C21H17F2N5O. The van der Waals surface area contributed by atoms with Gasteiger partial charge in [0.2, 0.25) is 0 Å². The summed E-state index contributed by atoms with van der Waals surface area (Å²) in [7, 11) is 0. The van der Waals surface area contributed by atoms with Gasteiger partial charge in [0.25, 0.3) is 0 Å². The van der Waals surface area contributed by atoms with Crippen LogP contribution in [0.3, 0.4) is 0 Å². The molecule has 0 unspecified atom stereocenters. The summed E-state index contributed by atoms with van der Waals surface area (Å²) in [6, 6.07) is 10.2. The van der Waals surface area contributed by atoms with E-state index in [9.17, 15) is 13.6 Å². The maximum absolute atomic E-state index is 14.1. The van der Waals surface area contributed by atoms with Gasteiger partial charge in [0, 0.05) is 30.6 Å². The van der Waals surface area contributed by atoms with E-state index in [2.05, 4.69) is 10.1 Å². The van der Waals surface area contributed by atoms with Gasteiger partial charge in [-0.15, -0.1) is 0 Å². The van der Waals surface area contributed by atoms with Gasteiger partial charge in [-0.05, 0) is 30.7 Å². The Morgan fingerprint density at radius 2 is 2.00 bits per heavy atom. The Labute approximate surface area is 165 Å². The fourth-order valence-corrected chi connectivity index (χ4v) is 3.11. The Balaban J connectivity index is 1.65. The highest BCUT2D eigenvalue weighted by molar-refractivity contribution is 6.11. The van der Waals surface area contributed by atoms with E-state index in [4.69, 9.17) is 5.73 Å². The van der Waals surface area contributed by atoms with E-state index in [1.165, 1.54) is 12.3 Å². The molecule has 0 aliphatic heterocycles. The van der Waals surface area contributed by atoms with Crippen LogP contribution in [0.25, 0.3) is 5.69 Å². The Morgan fingerprint density at radius 1 is 1.17 bits per heavy atom. The number of ketones is 1. The molecule has 0 bridgehead atoms. The molecule has 0 radical (unpaired) electrons. The molecule has 4 rings (SSSR count). The summed E-state index contributed by atoms with van der Waals surface area (Å²) in [5.41, 5.74) is 7.52. The molecule has 8 heteroatoms. The van der Waals surface area contributed by atoms with Gasteiger partial charge in [-0.3, -0.25) is 4.79 Å². The molecule has 4 aromatic rings. The number of carbonyl (C=O) groups is 1. The highest BCUT2D eigenvalue weighted by Crippen LogP contribution is 2.23. The fraction of sp³-hybridized carbons (Fsp3) is 0.0952. The second-order valence-corrected chi connectivity index (χ2v) is 6.58. The Kier molecular flexibility index (Phi) is 4.67. The molecule has 2 aromatic heterocycles. The van der Waals surface area contributed by atoms with Crippen LogP contribution in [0.2, 0.25) is 0 Å². The molecule has 0 spiro atoms. The van der Waals surface area contributed by atoms with Crippen molar-refractivity contribution in [2.75, 3.05) is 5.73 Å². The summed E-state index contributed by atoms with van der Waals surface area (Å²) in [4.78, 5) is 17.2. The maximum atomic E-state index is 14.1. The number of hydrogen-bond acceptors (Lipinski definition) is 4. The zero-order chi connectivity index (χ0) is 20.5. The van der Waals surface area contributed by atoms with E-state index >= 15 is 0 Å². The van der Waals surface area contributed by atoms with Crippen LogP contribution in [0, 0.1) is 18.6 Å². The van der Waals surface area contributed by atoms with Crippen molar-refractivity contribution in [3.63, 3.8) is 0 Å². The number of benzene rings is 2. The summed E-state index contributed by atoms with van der Waals surface area (Å²) < 4.78 is 30.3. The maximum Gasteiger partial charge on any atom is 0.198 e. The molecular weight excluding hydrogens is 376 g/mol. The molecule has 0 aliphatic carbocycles. The fourth-order valence-electron chi connectivity index (χ4n) is 3.11. The summed E-state index contributed by atoms with van der Waals surface area (Å²) in [5.74, 6) is -1.01. The SMILES string of the molecule is Cc1nccn1Cc1cccc(C(=O)c2cnn(-c3ccc(F)cc3F)c2N)c1. The molecule has 2 aromatic carbocycles. The van der Waals surface area contributed by atoms with Crippen LogP contribution in [0.4, 0.5) is 14.6 Å². The number of carbonyl (C=O) groups excluding carboxylic acids is 1. The molecule has 0 amide bonds. The van der Waals surface area contributed by atoms with Crippen molar-refractivity contribution < 1.29 is 13.6 Å². The van der Waals surface area contributed by atoms with Crippen molar-refractivity contribution >= 4 is 11.6 Å². The molecule has 6 nitrogen and oxygen atoms in total. The van der Waals surface area contributed by atoms with Crippen LogP contribution in [0.1, 0.15) is 27.3 Å². The van der Waals surface area contributed by atoms with Gasteiger partial charge in [0.05, 0.1) is 11.8 Å². The minimum Gasteiger partial charge on any atom is -0.383 e. The Hall–Kier alpha value is -3.81. The van der Waals surface area contributed by atoms with E-state index < -0.39 is 11.6 Å². The lowest BCUT2D eigenvalue weighted by Gasteiger charge is -2.08. The van der Waals surface area contributed by atoms with Gasteiger partial charge in [-0.2, -0.15) is 5.10 Å². The van der Waals surface area contributed by atoms with Crippen molar-refractivity contribution in [3.05, 3.63) is 95.2 Å². The number of aromatic nitrogens is 4. The van der Waals surface area contributed by atoms with Gasteiger partial charge in [0.15, 0.2) is 11.6 Å². The Morgan fingerprint density at radius 3 is 2.72 bits per heavy atom. The number of hydrogen-bond donors (Lipinski definition) is 1. The van der Waals surface area contributed by atoms with Crippen molar-refractivity contribution in [3.8, 4) is 5.69 Å². The first-order valence-corrected chi connectivity index (χ1v) is 8.84. The number of aryl methyl sites for hydroxylation is 1. The quantitative estimate of drug-likeness (QED) is 0.526. The predicted molar refractivity (Wildman–Crippen MR) is 104 cm³/mol. The number of rotatable bonds is 5. The second-order valence-electron chi connectivity index (χ2n) is 6.58. The lowest BCUT2D eigenvalue weighted by molar-refractivity contribution is 0.103. The normalized spacial score (nSPS) is 11.0. The summed E-state index contributed by atoms with van der Waals surface area (Å²) in [5, 5.41) is 4.01. The van der Waals surface area contributed by atoms with Gasteiger partial charge in [0.1, 0.15) is 23.1 Å². The molecule has 2 heterocycles. The minimum atomic E-state index is -0.823. The molecule has 146 valence electrons. The first-order valence-electron chi connectivity index (χ1n) is 8.84. The average molecular weight is 393 g/mol. The predicted octanol–water partition coefficient (Wildman–Crippen LogP) is 3.52. The molecule has 0 aliphatic rings. The van der Waals surface area contributed by atoms with Crippen LogP contribution >= 0.6 is 0 Å². The second kappa shape index (κ2) is 7.31.